The number of ether oxygens (including phenoxy) is 1. The highest BCUT2D eigenvalue weighted by molar-refractivity contribution is 5.97. The molecule has 0 atom stereocenters. The van der Waals surface area contributed by atoms with E-state index in [4.69, 9.17) is 4.74 Å². The smallest absolute Gasteiger partial charge is 0.340 e. The van der Waals surface area contributed by atoms with E-state index in [1.54, 1.807) is 0 Å². The summed E-state index contributed by atoms with van der Waals surface area (Å²) in [7, 11) is 0. The topological polar surface area (TPSA) is 38.3 Å². The van der Waals surface area contributed by atoms with Crippen LogP contribution in [0, 0.1) is 0 Å². The highest BCUT2D eigenvalue weighted by Gasteiger charge is 2.20. The fourth-order valence-corrected chi connectivity index (χ4v) is 2.94. The third kappa shape index (κ3) is 6.08. The van der Waals surface area contributed by atoms with Crippen molar-refractivity contribution in [1.82, 2.24) is 0 Å². The summed E-state index contributed by atoms with van der Waals surface area (Å²) < 4.78 is 5.59. The van der Waals surface area contributed by atoms with Gasteiger partial charge in [0.15, 0.2) is 0 Å². The Kier molecular flexibility index (Phi) is 6.50. The molecule has 3 aromatic carbocycles. The molecule has 148 valence electrons. The van der Waals surface area contributed by atoms with Crippen LogP contribution in [0.3, 0.4) is 0 Å². The summed E-state index contributed by atoms with van der Waals surface area (Å²) in [5.41, 5.74) is 4.05. The van der Waals surface area contributed by atoms with Gasteiger partial charge in [-0.1, -0.05) is 78.9 Å². The van der Waals surface area contributed by atoms with Crippen molar-refractivity contribution in [3.8, 4) is 11.1 Å². The molecule has 3 aromatic rings. The molecule has 0 radical (unpaired) electrons. The first-order valence-electron chi connectivity index (χ1n) is 9.81. The van der Waals surface area contributed by atoms with E-state index in [-0.39, 0.29) is 5.97 Å². The molecule has 0 aromatic heterocycles. The normalized spacial score (nSPS) is 11.4. The van der Waals surface area contributed by atoms with Gasteiger partial charge in [0.1, 0.15) is 5.60 Å². The summed E-state index contributed by atoms with van der Waals surface area (Å²) in [6, 6.07) is 26.0. The van der Waals surface area contributed by atoms with Crippen molar-refractivity contribution in [2.45, 2.75) is 26.4 Å². The predicted octanol–water partition coefficient (Wildman–Crippen LogP) is 6.43. The van der Waals surface area contributed by atoms with E-state index >= 15 is 0 Å². The Balaban J connectivity index is 1.84. The molecule has 0 spiro atoms. The molecule has 3 rings (SSSR count). The Hall–Kier alpha value is -3.33. The first kappa shape index (κ1) is 20.4. The highest BCUT2D eigenvalue weighted by atomic mass is 16.6. The van der Waals surface area contributed by atoms with Gasteiger partial charge < -0.3 is 10.1 Å². The number of carbonyl (C=O) groups excluding carboxylic acids is 1. The van der Waals surface area contributed by atoms with Crippen molar-refractivity contribution < 1.29 is 9.53 Å². The van der Waals surface area contributed by atoms with E-state index in [1.165, 1.54) is 0 Å². The summed E-state index contributed by atoms with van der Waals surface area (Å²) in [4.78, 5) is 12.7. The molecule has 3 nitrogen and oxygen atoms in total. The maximum absolute atomic E-state index is 12.7. The van der Waals surface area contributed by atoms with Gasteiger partial charge >= 0.3 is 5.97 Å². The van der Waals surface area contributed by atoms with E-state index < -0.39 is 5.60 Å². The van der Waals surface area contributed by atoms with Gasteiger partial charge in [0.25, 0.3) is 0 Å². The van der Waals surface area contributed by atoms with Crippen molar-refractivity contribution in [1.29, 1.82) is 0 Å². The largest absolute Gasteiger partial charge is 0.456 e. The number of hydrogen-bond donors (Lipinski definition) is 1. The molecule has 0 saturated carbocycles. The molecule has 1 N–H and O–H groups in total. The lowest BCUT2D eigenvalue weighted by Crippen LogP contribution is -2.24. The van der Waals surface area contributed by atoms with Crippen LogP contribution in [0.15, 0.2) is 84.9 Å². The Bertz CT molecular complexity index is 971. The summed E-state index contributed by atoms with van der Waals surface area (Å²) >= 11 is 0. The van der Waals surface area contributed by atoms with Crippen molar-refractivity contribution in [2.24, 2.45) is 0 Å². The second kappa shape index (κ2) is 9.24. The average molecular weight is 386 g/mol. The molecule has 0 unspecified atom stereocenters. The fourth-order valence-electron chi connectivity index (χ4n) is 2.94. The van der Waals surface area contributed by atoms with Crippen LogP contribution in [0.1, 0.15) is 36.7 Å². The van der Waals surface area contributed by atoms with Crippen molar-refractivity contribution in [3.63, 3.8) is 0 Å². The lowest BCUT2D eigenvalue weighted by Gasteiger charge is -2.21. The number of rotatable bonds is 6. The van der Waals surface area contributed by atoms with Gasteiger partial charge in [-0.05, 0) is 49.6 Å². The van der Waals surface area contributed by atoms with Crippen molar-refractivity contribution >= 4 is 17.7 Å². The number of anilines is 1. The van der Waals surface area contributed by atoms with Gasteiger partial charge in [-0.15, -0.1) is 0 Å². The first-order chi connectivity index (χ1) is 13.9. The van der Waals surface area contributed by atoms with Crippen molar-refractivity contribution in [2.75, 3.05) is 11.9 Å². The number of carbonyl (C=O) groups is 1. The quantitative estimate of drug-likeness (QED) is 0.497. The van der Waals surface area contributed by atoms with E-state index in [0.717, 1.165) is 22.4 Å². The molecule has 3 heteroatoms. The number of hydrogen-bond acceptors (Lipinski definition) is 3. The minimum absolute atomic E-state index is 0.327. The molecule has 0 aliphatic carbocycles. The summed E-state index contributed by atoms with van der Waals surface area (Å²) in [6.45, 7) is 6.22. The van der Waals surface area contributed by atoms with Gasteiger partial charge in [-0.25, -0.2) is 4.79 Å². The van der Waals surface area contributed by atoms with Gasteiger partial charge in [-0.2, -0.15) is 0 Å². The summed E-state index contributed by atoms with van der Waals surface area (Å²) in [5.74, 6) is -0.327. The molecule has 0 aliphatic rings. The average Bonchev–Trinajstić information content (AvgIpc) is 2.71. The lowest BCUT2D eigenvalue weighted by molar-refractivity contribution is 0.00707. The number of nitrogens with one attached hydrogen (secondary N) is 1. The molecule has 0 saturated heterocycles. The van der Waals surface area contributed by atoms with Gasteiger partial charge in [0, 0.05) is 12.2 Å². The maximum Gasteiger partial charge on any atom is 0.340 e. The van der Waals surface area contributed by atoms with Gasteiger partial charge in [0.05, 0.1) is 5.56 Å². The van der Waals surface area contributed by atoms with E-state index in [0.29, 0.717) is 12.1 Å². The Morgan fingerprint density at radius 2 is 1.55 bits per heavy atom. The summed E-state index contributed by atoms with van der Waals surface area (Å²) in [6.07, 6.45) is 4.10. The van der Waals surface area contributed by atoms with E-state index in [2.05, 4.69) is 35.7 Å². The zero-order valence-electron chi connectivity index (χ0n) is 17.2. The molecule has 0 aliphatic heterocycles. The third-order valence-electron chi connectivity index (χ3n) is 4.27. The van der Waals surface area contributed by atoms with E-state index in [1.807, 2.05) is 81.4 Å². The molecule has 0 amide bonds. The standard InChI is InChI=1S/C26H27NO2/c1-26(2,3)29-25(28)23-17-16-22(21-14-8-5-9-15-21)19-24(23)27-18-10-13-20-11-6-4-7-12-20/h4-17,19,27H,18H2,1-3H3/b13-10+. The van der Waals surface area contributed by atoms with Gasteiger partial charge in [-0.3, -0.25) is 0 Å². The third-order valence-corrected chi connectivity index (χ3v) is 4.27. The monoisotopic (exact) mass is 385 g/mol. The second-order valence-corrected chi connectivity index (χ2v) is 7.82. The van der Waals surface area contributed by atoms with Crippen molar-refractivity contribution in [3.05, 3.63) is 96.1 Å². The highest BCUT2D eigenvalue weighted by Crippen LogP contribution is 2.27. The number of benzene rings is 3. The molecule has 0 heterocycles. The van der Waals surface area contributed by atoms with Crippen LogP contribution >= 0.6 is 0 Å². The molecular formula is C26H27NO2. The fraction of sp³-hybridized carbons (Fsp3) is 0.192. The van der Waals surface area contributed by atoms with Crippen LogP contribution in [0.25, 0.3) is 17.2 Å². The van der Waals surface area contributed by atoms with Crippen LogP contribution in [0.2, 0.25) is 0 Å². The Labute approximate surface area is 173 Å². The van der Waals surface area contributed by atoms with Crippen LogP contribution in [0.4, 0.5) is 5.69 Å². The second-order valence-electron chi connectivity index (χ2n) is 7.82. The summed E-state index contributed by atoms with van der Waals surface area (Å²) in [5, 5.41) is 3.37. The molecular weight excluding hydrogens is 358 g/mol. The Morgan fingerprint density at radius 1 is 0.897 bits per heavy atom. The SMILES string of the molecule is CC(C)(C)OC(=O)c1ccc(-c2ccccc2)cc1NC/C=C/c1ccccc1. The minimum atomic E-state index is -0.542. The van der Waals surface area contributed by atoms with E-state index in [9.17, 15) is 4.79 Å². The predicted molar refractivity (Wildman–Crippen MR) is 121 cm³/mol. The zero-order chi connectivity index (χ0) is 20.7. The maximum atomic E-state index is 12.7. The van der Waals surface area contributed by atoms with Gasteiger partial charge in [0.2, 0.25) is 0 Å². The van der Waals surface area contributed by atoms with Crippen LogP contribution in [0.5, 0.6) is 0 Å². The lowest BCUT2D eigenvalue weighted by atomic mass is 10.0. The van der Waals surface area contributed by atoms with Crippen LogP contribution < -0.4 is 5.32 Å². The zero-order valence-corrected chi connectivity index (χ0v) is 17.2. The molecule has 29 heavy (non-hydrogen) atoms. The molecule has 0 fully saturated rings. The van der Waals surface area contributed by atoms with Crippen LogP contribution in [-0.4, -0.2) is 18.1 Å². The first-order valence-corrected chi connectivity index (χ1v) is 9.81. The Morgan fingerprint density at radius 3 is 2.21 bits per heavy atom. The minimum Gasteiger partial charge on any atom is -0.456 e. The molecule has 0 bridgehead atoms. The van der Waals surface area contributed by atoms with Crippen LogP contribution in [-0.2, 0) is 4.74 Å². The number of esters is 1.